The Bertz CT molecular complexity index is 743. The van der Waals surface area contributed by atoms with E-state index < -0.39 is 5.95 Å². The number of nitrogens with zero attached hydrogens (tertiary/aromatic N) is 2. The van der Waals surface area contributed by atoms with E-state index in [0.29, 0.717) is 23.7 Å². The second-order valence-electron chi connectivity index (χ2n) is 7.95. The lowest BCUT2D eigenvalue weighted by molar-refractivity contribution is -0.206. The summed E-state index contributed by atoms with van der Waals surface area (Å²) in [6, 6.07) is 7.71. The van der Waals surface area contributed by atoms with Crippen molar-refractivity contribution in [1.29, 1.82) is 0 Å². The van der Waals surface area contributed by atoms with Crippen LogP contribution in [0.25, 0.3) is 11.4 Å². The van der Waals surface area contributed by atoms with Crippen molar-refractivity contribution in [3.8, 4) is 11.4 Å². The first-order chi connectivity index (χ1) is 14.2. The van der Waals surface area contributed by atoms with Crippen molar-refractivity contribution in [2.24, 2.45) is 5.92 Å². The lowest BCUT2D eigenvalue weighted by Gasteiger charge is -2.29. The summed E-state index contributed by atoms with van der Waals surface area (Å²) in [7, 11) is 0. The molecular weight excluding hydrogens is 367 g/mol. The molecule has 3 rings (SSSR count). The first kappa shape index (κ1) is 21.8. The Balaban J connectivity index is 1.56. The second kappa shape index (κ2) is 11.4. The number of ether oxygens (including phenoxy) is 2. The summed E-state index contributed by atoms with van der Waals surface area (Å²) in [5.74, 6) is 0.488. The highest BCUT2D eigenvalue weighted by atomic mass is 19.1. The van der Waals surface area contributed by atoms with Crippen LogP contribution in [0.5, 0.6) is 0 Å². The van der Waals surface area contributed by atoms with Crippen molar-refractivity contribution in [2.45, 2.75) is 71.5 Å². The summed E-state index contributed by atoms with van der Waals surface area (Å²) >= 11 is 0. The highest BCUT2D eigenvalue weighted by molar-refractivity contribution is 5.55. The molecule has 29 heavy (non-hydrogen) atoms. The Hall–Kier alpha value is -1.85. The lowest BCUT2D eigenvalue weighted by atomic mass is 10.0. The van der Waals surface area contributed by atoms with Crippen molar-refractivity contribution in [3.63, 3.8) is 0 Å². The number of unbranched alkanes of at least 4 members (excludes halogenated alkanes) is 4. The summed E-state index contributed by atoms with van der Waals surface area (Å²) in [5, 5.41) is 0. The summed E-state index contributed by atoms with van der Waals surface area (Å²) in [6.07, 6.45) is 10.0. The normalized spacial score (nSPS) is 19.4. The quantitative estimate of drug-likeness (QED) is 0.349. The fourth-order valence-electron chi connectivity index (χ4n) is 3.63. The number of hydrogen-bond acceptors (Lipinski definition) is 4. The molecule has 0 spiro atoms. The summed E-state index contributed by atoms with van der Waals surface area (Å²) in [5.41, 5.74) is 2.36. The minimum Gasteiger partial charge on any atom is -0.348 e. The molecule has 5 heteroatoms. The smallest absolute Gasteiger partial charge is 0.219 e. The molecule has 2 aromatic rings. The van der Waals surface area contributed by atoms with Crippen LogP contribution in [0.15, 0.2) is 30.5 Å². The van der Waals surface area contributed by atoms with E-state index in [4.69, 9.17) is 9.47 Å². The molecular formula is C24H33FN2O2. The molecule has 158 valence electrons. The van der Waals surface area contributed by atoms with Crippen LogP contribution in [0.1, 0.15) is 76.2 Å². The van der Waals surface area contributed by atoms with Gasteiger partial charge in [0.15, 0.2) is 12.1 Å². The zero-order valence-corrected chi connectivity index (χ0v) is 17.7. The van der Waals surface area contributed by atoms with Crippen LogP contribution in [0.4, 0.5) is 4.39 Å². The van der Waals surface area contributed by atoms with Gasteiger partial charge in [-0.05, 0) is 19.3 Å². The van der Waals surface area contributed by atoms with Gasteiger partial charge in [0.25, 0.3) is 0 Å². The number of rotatable bonds is 10. The van der Waals surface area contributed by atoms with Crippen LogP contribution in [0.2, 0.25) is 0 Å². The van der Waals surface area contributed by atoms with Crippen LogP contribution in [0, 0.1) is 11.9 Å². The third kappa shape index (κ3) is 6.31. The van der Waals surface area contributed by atoms with Gasteiger partial charge in [0.05, 0.1) is 13.2 Å². The zero-order chi connectivity index (χ0) is 20.5. The van der Waals surface area contributed by atoms with Crippen LogP contribution in [-0.4, -0.2) is 23.2 Å². The highest BCUT2D eigenvalue weighted by Crippen LogP contribution is 2.28. The van der Waals surface area contributed by atoms with Crippen molar-refractivity contribution in [2.75, 3.05) is 13.2 Å². The molecule has 0 radical (unpaired) electrons. The van der Waals surface area contributed by atoms with Gasteiger partial charge >= 0.3 is 0 Å². The third-order valence-electron chi connectivity index (χ3n) is 5.48. The maximum absolute atomic E-state index is 14.3. The van der Waals surface area contributed by atoms with E-state index in [1.54, 1.807) is 6.20 Å². The van der Waals surface area contributed by atoms with Gasteiger partial charge in [-0.1, -0.05) is 70.2 Å². The monoisotopic (exact) mass is 400 g/mol. The maximum Gasteiger partial charge on any atom is 0.219 e. The molecule has 0 unspecified atom stereocenters. The Morgan fingerprint density at radius 3 is 2.31 bits per heavy atom. The van der Waals surface area contributed by atoms with E-state index in [1.807, 2.05) is 24.3 Å². The Morgan fingerprint density at radius 2 is 1.66 bits per heavy atom. The predicted octanol–water partition coefficient (Wildman–Crippen LogP) is 6.26. The minimum absolute atomic E-state index is 0.329. The third-order valence-corrected chi connectivity index (χ3v) is 5.48. The molecule has 0 aliphatic carbocycles. The molecule has 0 atom stereocenters. The van der Waals surface area contributed by atoms with E-state index in [9.17, 15) is 4.39 Å². The average molecular weight is 401 g/mol. The van der Waals surface area contributed by atoms with Crippen molar-refractivity contribution in [3.05, 3.63) is 47.5 Å². The van der Waals surface area contributed by atoms with Gasteiger partial charge in [0.2, 0.25) is 5.95 Å². The van der Waals surface area contributed by atoms with Gasteiger partial charge in [-0.2, -0.15) is 9.37 Å². The SMILES string of the molecule is CCCCCc1cnc(-c2ccc(C3OCC(CCCCC)CO3)cc2)nc1F. The molecule has 0 N–H and O–H groups in total. The number of benzene rings is 1. The molecule has 1 aromatic heterocycles. The number of hydrogen-bond donors (Lipinski definition) is 0. The molecule has 0 bridgehead atoms. The van der Waals surface area contributed by atoms with E-state index in [-0.39, 0.29) is 6.29 Å². The average Bonchev–Trinajstić information content (AvgIpc) is 2.76. The molecule has 1 aromatic carbocycles. The fourth-order valence-corrected chi connectivity index (χ4v) is 3.63. The molecule has 1 aliphatic heterocycles. The van der Waals surface area contributed by atoms with Crippen molar-refractivity contribution >= 4 is 0 Å². The van der Waals surface area contributed by atoms with E-state index in [0.717, 1.165) is 50.0 Å². The lowest BCUT2D eigenvalue weighted by Crippen LogP contribution is -2.27. The molecule has 1 saturated heterocycles. The Kier molecular flexibility index (Phi) is 8.56. The Labute approximate surface area is 173 Å². The minimum atomic E-state index is -0.414. The first-order valence-electron chi connectivity index (χ1n) is 11.1. The van der Waals surface area contributed by atoms with Crippen LogP contribution >= 0.6 is 0 Å². The van der Waals surface area contributed by atoms with Gasteiger partial charge in [0, 0.05) is 28.8 Å². The molecule has 4 nitrogen and oxygen atoms in total. The summed E-state index contributed by atoms with van der Waals surface area (Å²) in [6.45, 7) is 5.83. The van der Waals surface area contributed by atoms with Crippen molar-refractivity contribution < 1.29 is 13.9 Å². The van der Waals surface area contributed by atoms with Gasteiger partial charge in [-0.25, -0.2) is 4.98 Å². The number of halogens is 1. The fraction of sp³-hybridized carbons (Fsp3) is 0.583. The molecule has 1 aliphatic rings. The standard InChI is InChI=1S/C24H33FN2O2/c1-3-5-7-9-18-16-28-24(29-17-18)20-13-11-19(12-14-20)23-26-15-21(22(25)27-23)10-8-6-4-2/h11-15,18,24H,3-10,16-17H2,1-2H3. The largest absolute Gasteiger partial charge is 0.348 e. The van der Waals surface area contributed by atoms with Gasteiger partial charge in [0.1, 0.15) is 0 Å². The van der Waals surface area contributed by atoms with Crippen molar-refractivity contribution in [1.82, 2.24) is 9.97 Å². The van der Waals surface area contributed by atoms with Gasteiger partial charge < -0.3 is 9.47 Å². The number of aromatic nitrogens is 2. The van der Waals surface area contributed by atoms with Gasteiger partial charge in [-0.3, -0.25) is 0 Å². The van der Waals surface area contributed by atoms with E-state index in [1.165, 1.54) is 19.3 Å². The summed E-state index contributed by atoms with van der Waals surface area (Å²) < 4.78 is 26.1. The van der Waals surface area contributed by atoms with Crippen LogP contribution in [0.3, 0.4) is 0 Å². The molecule has 0 amide bonds. The van der Waals surface area contributed by atoms with Gasteiger partial charge in [-0.15, -0.1) is 0 Å². The number of aryl methyl sites for hydroxylation is 1. The molecule has 0 saturated carbocycles. The first-order valence-corrected chi connectivity index (χ1v) is 11.1. The topological polar surface area (TPSA) is 44.2 Å². The van der Waals surface area contributed by atoms with E-state index in [2.05, 4.69) is 23.8 Å². The van der Waals surface area contributed by atoms with Crippen LogP contribution < -0.4 is 0 Å². The zero-order valence-electron chi connectivity index (χ0n) is 17.7. The predicted molar refractivity (Wildman–Crippen MR) is 113 cm³/mol. The molecule has 2 heterocycles. The van der Waals surface area contributed by atoms with E-state index >= 15 is 0 Å². The summed E-state index contributed by atoms with van der Waals surface area (Å²) in [4.78, 5) is 8.43. The highest BCUT2D eigenvalue weighted by Gasteiger charge is 2.23. The second-order valence-corrected chi connectivity index (χ2v) is 7.95. The molecule has 1 fully saturated rings. The van der Waals surface area contributed by atoms with Crippen LogP contribution in [-0.2, 0) is 15.9 Å². The maximum atomic E-state index is 14.3. The Morgan fingerprint density at radius 1 is 0.966 bits per heavy atom.